The highest BCUT2D eigenvalue weighted by Gasteiger charge is 2.13. The molecule has 0 aliphatic carbocycles. The van der Waals surface area contributed by atoms with E-state index in [4.69, 9.17) is 9.72 Å². The van der Waals surface area contributed by atoms with Crippen molar-refractivity contribution in [2.24, 2.45) is 7.05 Å². The fraction of sp³-hybridized carbons (Fsp3) is 0.450. The summed E-state index contributed by atoms with van der Waals surface area (Å²) in [4.78, 5) is 11.7. The molecule has 1 aliphatic rings. The highest BCUT2D eigenvalue weighted by Crippen LogP contribution is 2.22. The molecule has 0 saturated carbocycles. The highest BCUT2D eigenvalue weighted by molar-refractivity contribution is 5.87. The summed E-state index contributed by atoms with van der Waals surface area (Å²) in [6.45, 7) is 8.11. The van der Waals surface area contributed by atoms with Crippen LogP contribution in [-0.4, -0.2) is 64.0 Å². The Hall–Kier alpha value is -2.71. The van der Waals surface area contributed by atoms with Crippen molar-refractivity contribution in [3.05, 3.63) is 41.6 Å². The fourth-order valence-corrected chi connectivity index (χ4v) is 3.28. The van der Waals surface area contributed by atoms with Gasteiger partial charge >= 0.3 is 0 Å². The Morgan fingerprint density at radius 3 is 2.64 bits per heavy atom. The maximum Gasteiger partial charge on any atom is 0.226 e. The van der Waals surface area contributed by atoms with Gasteiger partial charge < -0.3 is 15.4 Å². The summed E-state index contributed by atoms with van der Waals surface area (Å²) >= 11 is 0. The standard InChI is InChI=1S/C20H27N7O/c1-15-3-5-16(6-4-15)13-22-18-17-14-23-26(2)19(17)25-20(24-18)21-7-8-27-9-11-28-12-10-27/h3-6,14H,7-13H2,1-2H3,(H2,21,22,24,25). The van der Waals surface area contributed by atoms with Gasteiger partial charge in [0.1, 0.15) is 5.82 Å². The number of fused-ring (bicyclic) bond motifs is 1. The zero-order chi connectivity index (χ0) is 19.3. The first-order chi connectivity index (χ1) is 13.7. The molecule has 1 aromatic carbocycles. The van der Waals surface area contributed by atoms with Crippen molar-refractivity contribution in [1.29, 1.82) is 0 Å². The summed E-state index contributed by atoms with van der Waals surface area (Å²) in [5.41, 5.74) is 3.28. The fourth-order valence-electron chi connectivity index (χ4n) is 3.28. The predicted octanol–water partition coefficient (Wildman–Crippen LogP) is 2.03. The van der Waals surface area contributed by atoms with Gasteiger partial charge in [-0.1, -0.05) is 29.8 Å². The number of hydrogen-bond donors (Lipinski definition) is 2. The lowest BCUT2D eigenvalue weighted by atomic mass is 10.1. The van der Waals surface area contributed by atoms with Gasteiger partial charge in [-0.05, 0) is 12.5 Å². The number of nitrogens with zero attached hydrogens (tertiary/aromatic N) is 5. The molecule has 0 atom stereocenters. The van der Waals surface area contributed by atoms with Crippen LogP contribution in [0.1, 0.15) is 11.1 Å². The first kappa shape index (κ1) is 18.6. The first-order valence-electron chi connectivity index (χ1n) is 9.72. The van der Waals surface area contributed by atoms with Gasteiger partial charge in [-0.3, -0.25) is 9.58 Å². The minimum absolute atomic E-state index is 0.621. The molecule has 1 aliphatic heterocycles. The van der Waals surface area contributed by atoms with E-state index in [1.807, 2.05) is 13.2 Å². The van der Waals surface area contributed by atoms with Gasteiger partial charge in [0.25, 0.3) is 0 Å². The maximum atomic E-state index is 5.40. The number of ether oxygens (including phenoxy) is 1. The summed E-state index contributed by atoms with van der Waals surface area (Å²) in [6, 6.07) is 8.50. The quantitative estimate of drug-likeness (QED) is 0.648. The van der Waals surface area contributed by atoms with E-state index < -0.39 is 0 Å². The Morgan fingerprint density at radius 1 is 1.07 bits per heavy atom. The number of hydrogen-bond acceptors (Lipinski definition) is 7. The molecule has 2 aromatic heterocycles. The van der Waals surface area contributed by atoms with Crippen LogP contribution in [0, 0.1) is 6.92 Å². The third kappa shape index (κ3) is 4.40. The average molecular weight is 381 g/mol. The van der Waals surface area contributed by atoms with Crippen LogP contribution in [0.2, 0.25) is 0 Å². The lowest BCUT2D eigenvalue weighted by Gasteiger charge is -2.26. The number of morpholine rings is 1. The van der Waals surface area contributed by atoms with Gasteiger partial charge in [-0.25, -0.2) is 0 Å². The zero-order valence-corrected chi connectivity index (χ0v) is 16.5. The smallest absolute Gasteiger partial charge is 0.226 e. The molecule has 3 aromatic rings. The average Bonchev–Trinajstić information content (AvgIpc) is 3.09. The lowest BCUT2D eigenvalue weighted by molar-refractivity contribution is 0.0398. The molecule has 28 heavy (non-hydrogen) atoms. The van der Waals surface area contributed by atoms with Crippen LogP contribution in [0.15, 0.2) is 30.5 Å². The van der Waals surface area contributed by atoms with Crippen LogP contribution in [0.3, 0.4) is 0 Å². The molecule has 0 radical (unpaired) electrons. The molecule has 4 rings (SSSR count). The van der Waals surface area contributed by atoms with Crippen molar-refractivity contribution in [2.75, 3.05) is 50.0 Å². The van der Waals surface area contributed by atoms with Crippen LogP contribution in [0.4, 0.5) is 11.8 Å². The SMILES string of the molecule is Cc1ccc(CNc2nc(NCCN3CCOCC3)nc3c2cnn3C)cc1. The second-order valence-corrected chi connectivity index (χ2v) is 7.12. The summed E-state index contributed by atoms with van der Waals surface area (Å²) in [5.74, 6) is 1.42. The molecule has 0 amide bonds. The van der Waals surface area contributed by atoms with E-state index in [2.05, 4.69) is 56.8 Å². The molecule has 8 heteroatoms. The van der Waals surface area contributed by atoms with Crippen LogP contribution in [0.25, 0.3) is 11.0 Å². The number of aromatic nitrogens is 4. The van der Waals surface area contributed by atoms with Gasteiger partial charge in [-0.15, -0.1) is 0 Å². The molecule has 0 spiro atoms. The molecular weight excluding hydrogens is 354 g/mol. The summed E-state index contributed by atoms with van der Waals surface area (Å²) in [5, 5.41) is 12.1. The van der Waals surface area contributed by atoms with Gasteiger partial charge in [-0.2, -0.15) is 15.1 Å². The van der Waals surface area contributed by atoms with Crippen molar-refractivity contribution < 1.29 is 4.74 Å². The van der Waals surface area contributed by atoms with E-state index >= 15 is 0 Å². The molecule has 0 bridgehead atoms. The Kier molecular flexibility index (Phi) is 5.68. The molecule has 148 valence electrons. The van der Waals surface area contributed by atoms with Crippen LogP contribution >= 0.6 is 0 Å². The third-order valence-electron chi connectivity index (χ3n) is 4.99. The predicted molar refractivity (Wildman–Crippen MR) is 111 cm³/mol. The van der Waals surface area contributed by atoms with E-state index in [0.29, 0.717) is 12.5 Å². The zero-order valence-electron chi connectivity index (χ0n) is 16.5. The van der Waals surface area contributed by atoms with Crippen molar-refractivity contribution in [1.82, 2.24) is 24.6 Å². The van der Waals surface area contributed by atoms with E-state index in [1.165, 1.54) is 11.1 Å². The van der Waals surface area contributed by atoms with Crippen LogP contribution in [0.5, 0.6) is 0 Å². The first-order valence-corrected chi connectivity index (χ1v) is 9.72. The minimum atomic E-state index is 0.621. The normalized spacial score (nSPS) is 15.1. The molecule has 0 unspecified atom stereocenters. The van der Waals surface area contributed by atoms with Crippen molar-refractivity contribution in [2.45, 2.75) is 13.5 Å². The number of anilines is 2. The van der Waals surface area contributed by atoms with Gasteiger partial charge in [0.2, 0.25) is 5.95 Å². The number of nitrogens with one attached hydrogen (secondary N) is 2. The topological polar surface area (TPSA) is 80.1 Å². The minimum Gasteiger partial charge on any atom is -0.379 e. The van der Waals surface area contributed by atoms with Gasteiger partial charge in [0, 0.05) is 39.8 Å². The highest BCUT2D eigenvalue weighted by atomic mass is 16.5. The van der Waals surface area contributed by atoms with E-state index in [9.17, 15) is 0 Å². The molecule has 1 saturated heterocycles. The molecule has 8 nitrogen and oxygen atoms in total. The Labute approximate surface area is 164 Å². The maximum absolute atomic E-state index is 5.40. The Balaban J connectivity index is 1.46. The monoisotopic (exact) mass is 381 g/mol. The third-order valence-corrected chi connectivity index (χ3v) is 4.99. The number of rotatable bonds is 7. The second kappa shape index (κ2) is 8.53. The van der Waals surface area contributed by atoms with Crippen molar-refractivity contribution >= 4 is 22.8 Å². The van der Waals surface area contributed by atoms with Crippen molar-refractivity contribution in [3.63, 3.8) is 0 Å². The van der Waals surface area contributed by atoms with E-state index in [-0.39, 0.29) is 0 Å². The van der Waals surface area contributed by atoms with E-state index in [0.717, 1.165) is 56.2 Å². The summed E-state index contributed by atoms with van der Waals surface area (Å²) < 4.78 is 7.18. The largest absolute Gasteiger partial charge is 0.379 e. The van der Waals surface area contributed by atoms with E-state index in [1.54, 1.807) is 4.68 Å². The van der Waals surface area contributed by atoms with Gasteiger partial charge in [0.05, 0.1) is 24.8 Å². The summed E-state index contributed by atoms with van der Waals surface area (Å²) in [6.07, 6.45) is 1.81. The summed E-state index contributed by atoms with van der Waals surface area (Å²) in [7, 11) is 1.90. The lowest BCUT2D eigenvalue weighted by Crippen LogP contribution is -2.39. The number of aryl methyl sites for hydroxylation is 2. The molecule has 2 N–H and O–H groups in total. The number of benzene rings is 1. The van der Waals surface area contributed by atoms with Gasteiger partial charge in [0.15, 0.2) is 5.65 Å². The van der Waals surface area contributed by atoms with Crippen LogP contribution < -0.4 is 10.6 Å². The molecule has 1 fully saturated rings. The Bertz CT molecular complexity index is 916. The molecular formula is C20H27N7O. The van der Waals surface area contributed by atoms with Crippen molar-refractivity contribution in [3.8, 4) is 0 Å². The second-order valence-electron chi connectivity index (χ2n) is 7.12. The molecule has 3 heterocycles. The Morgan fingerprint density at radius 2 is 1.86 bits per heavy atom. The van der Waals surface area contributed by atoms with Crippen LogP contribution in [-0.2, 0) is 18.3 Å².